The minimum absolute atomic E-state index is 0.0273. The Kier molecular flexibility index (Phi) is 4.36. The number of tetrazole rings is 1. The second-order valence-corrected chi connectivity index (χ2v) is 4.70. The molecular formula is C10H11ClN4OS. The Labute approximate surface area is 108 Å². The molecule has 0 saturated heterocycles. The summed E-state index contributed by atoms with van der Waals surface area (Å²) in [5, 5.41) is 21.5. The van der Waals surface area contributed by atoms with Crippen LogP contribution in [0.5, 0.6) is 0 Å². The van der Waals surface area contributed by atoms with E-state index >= 15 is 0 Å². The third-order valence-corrected chi connectivity index (χ3v) is 3.37. The molecule has 2 rings (SSSR count). The van der Waals surface area contributed by atoms with Crippen LogP contribution < -0.4 is 0 Å². The van der Waals surface area contributed by atoms with Gasteiger partial charge in [-0.25, -0.2) is 4.68 Å². The quantitative estimate of drug-likeness (QED) is 0.837. The van der Waals surface area contributed by atoms with Crippen molar-refractivity contribution < 1.29 is 5.11 Å². The lowest BCUT2D eigenvalue weighted by Crippen LogP contribution is -2.05. The third-order valence-electron chi connectivity index (χ3n) is 2.09. The molecule has 7 heteroatoms. The minimum Gasteiger partial charge on any atom is -0.394 e. The fourth-order valence-corrected chi connectivity index (χ4v) is 2.25. The van der Waals surface area contributed by atoms with Crippen LogP contribution in [0.1, 0.15) is 5.56 Å². The van der Waals surface area contributed by atoms with Gasteiger partial charge in [0.05, 0.1) is 13.2 Å². The van der Waals surface area contributed by atoms with Crippen molar-refractivity contribution in [3.63, 3.8) is 0 Å². The first-order valence-corrected chi connectivity index (χ1v) is 6.40. The van der Waals surface area contributed by atoms with Gasteiger partial charge in [0.25, 0.3) is 0 Å². The fourth-order valence-electron chi connectivity index (χ4n) is 1.26. The highest BCUT2D eigenvalue weighted by molar-refractivity contribution is 7.98. The zero-order chi connectivity index (χ0) is 12.1. The molecule has 1 N–H and O–H groups in total. The van der Waals surface area contributed by atoms with Gasteiger partial charge in [0, 0.05) is 10.8 Å². The van der Waals surface area contributed by atoms with Crippen molar-refractivity contribution in [2.75, 3.05) is 6.61 Å². The lowest BCUT2D eigenvalue weighted by molar-refractivity contribution is 0.262. The molecule has 1 heterocycles. The summed E-state index contributed by atoms with van der Waals surface area (Å²) >= 11 is 7.33. The van der Waals surface area contributed by atoms with Crippen LogP contribution in [-0.2, 0) is 12.3 Å². The Morgan fingerprint density at radius 3 is 2.76 bits per heavy atom. The Morgan fingerprint density at radius 2 is 2.06 bits per heavy atom. The van der Waals surface area contributed by atoms with E-state index in [4.69, 9.17) is 16.7 Å². The smallest absolute Gasteiger partial charge is 0.209 e. The number of hydrogen-bond acceptors (Lipinski definition) is 5. The maximum absolute atomic E-state index is 8.84. The van der Waals surface area contributed by atoms with Crippen molar-refractivity contribution in [3.8, 4) is 0 Å². The summed E-state index contributed by atoms with van der Waals surface area (Å²) in [6.45, 7) is 0.440. The predicted molar refractivity (Wildman–Crippen MR) is 65.9 cm³/mol. The first kappa shape index (κ1) is 12.3. The normalized spacial score (nSPS) is 10.7. The summed E-state index contributed by atoms with van der Waals surface area (Å²) in [6.07, 6.45) is 0. The second-order valence-electron chi connectivity index (χ2n) is 3.32. The van der Waals surface area contributed by atoms with Crippen LogP contribution in [0, 0.1) is 0 Å². The number of aliphatic hydroxyl groups is 1. The number of aliphatic hydroxyl groups excluding tert-OH is 1. The molecular weight excluding hydrogens is 260 g/mol. The highest BCUT2D eigenvalue weighted by atomic mass is 35.5. The number of nitrogens with zero attached hydrogens (tertiary/aromatic N) is 4. The molecule has 0 radical (unpaired) electrons. The van der Waals surface area contributed by atoms with Crippen LogP contribution in [0.2, 0.25) is 5.02 Å². The van der Waals surface area contributed by atoms with Gasteiger partial charge in [0.15, 0.2) is 0 Å². The Morgan fingerprint density at radius 1 is 1.29 bits per heavy atom. The zero-order valence-electron chi connectivity index (χ0n) is 8.95. The predicted octanol–water partition coefficient (Wildman–Crippen LogP) is 1.61. The number of thioether (sulfide) groups is 1. The molecule has 0 atom stereocenters. The van der Waals surface area contributed by atoms with Crippen LogP contribution in [0.25, 0.3) is 0 Å². The molecule has 0 spiro atoms. The highest BCUT2D eigenvalue weighted by Gasteiger charge is 2.06. The summed E-state index contributed by atoms with van der Waals surface area (Å²) in [7, 11) is 0. The van der Waals surface area contributed by atoms with Gasteiger partial charge in [-0.05, 0) is 28.1 Å². The van der Waals surface area contributed by atoms with E-state index in [9.17, 15) is 0 Å². The van der Waals surface area contributed by atoms with Crippen LogP contribution in [0.15, 0.2) is 29.4 Å². The first-order chi connectivity index (χ1) is 8.29. The maximum Gasteiger partial charge on any atom is 0.209 e. The maximum atomic E-state index is 8.84. The van der Waals surface area contributed by atoms with E-state index in [2.05, 4.69) is 15.5 Å². The molecule has 0 saturated carbocycles. The zero-order valence-corrected chi connectivity index (χ0v) is 10.5. The van der Waals surface area contributed by atoms with Crippen LogP contribution in [0.4, 0.5) is 0 Å². The summed E-state index contributed by atoms with van der Waals surface area (Å²) < 4.78 is 1.58. The minimum atomic E-state index is 0.0273. The molecule has 2 aromatic rings. The number of hydrogen-bond donors (Lipinski definition) is 1. The molecule has 0 unspecified atom stereocenters. The van der Waals surface area contributed by atoms with Crippen molar-refractivity contribution in [1.82, 2.24) is 20.2 Å². The van der Waals surface area contributed by atoms with Gasteiger partial charge in [-0.2, -0.15) is 0 Å². The van der Waals surface area contributed by atoms with Crippen molar-refractivity contribution in [3.05, 3.63) is 34.9 Å². The van der Waals surface area contributed by atoms with Gasteiger partial charge >= 0.3 is 0 Å². The Hall–Kier alpha value is -1.11. The molecule has 0 amide bonds. The average Bonchev–Trinajstić information content (AvgIpc) is 2.77. The fraction of sp³-hybridized carbons (Fsp3) is 0.300. The van der Waals surface area contributed by atoms with E-state index in [1.807, 2.05) is 24.3 Å². The number of rotatable bonds is 5. The molecule has 0 fully saturated rings. The van der Waals surface area contributed by atoms with Crippen LogP contribution in [0.3, 0.4) is 0 Å². The van der Waals surface area contributed by atoms with E-state index < -0.39 is 0 Å². The SMILES string of the molecule is OCCn1nnnc1SCc1ccc(Cl)cc1. The van der Waals surface area contributed by atoms with Crippen molar-refractivity contribution in [2.24, 2.45) is 0 Å². The molecule has 0 bridgehead atoms. The number of halogens is 1. The van der Waals surface area contributed by atoms with Gasteiger partial charge in [-0.3, -0.25) is 0 Å². The molecule has 90 valence electrons. The van der Waals surface area contributed by atoms with E-state index in [0.29, 0.717) is 11.7 Å². The van der Waals surface area contributed by atoms with E-state index in [1.165, 1.54) is 11.8 Å². The number of benzene rings is 1. The topological polar surface area (TPSA) is 63.8 Å². The summed E-state index contributed by atoms with van der Waals surface area (Å²) in [4.78, 5) is 0. The summed E-state index contributed by atoms with van der Waals surface area (Å²) in [5.74, 6) is 0.767. The van der Waals surface area contributed by atoms with E-state index in [1.54, 1.807) is 4.68 Å². The largest absolute Gasteiger partial charge is 0.394 e. The molecule has 0 aliphatic heterocycles. The van der Waals surface area contributed by atoms with Crippen LogP contribution >= 0.6 is 23.4 Å². The van der Waals surface area contributed by atoms with Gasteiger partial charge in [-0.1, -0.05) is 35.5 Å². The number of aromatic nitrogens is 4. The molecule has 0 aliphatic rings. The summed E-state index contributed by atoms with van der Waals surface area (Å²) in [5.41, 5.74) is 1.15. The average molecular weight is 271 g/mol. The monoisotopic (exact) mass is 270 g/mol. The van der Waals surface area contributed by atoms with Crippen molar-refractivity contribution >= 4 is 23.4 Å². The molecule has 17 heavy (non-hydrogen) atoms. The van der Waals surface area contributed by atoms with Gasteiger partial charge in [0.1, 0.15) is 0 Å². The third kappa shape index (κ3) is 3.42. The Balaban J connectivity index is 1.97. The highest BCUT2D eigenvalue weighted by Crippen LogP contribution is 2.20. The van der Waals surface area contributed by atoms with Gasteiger partial charge in [0.2, 0.25) is 5.16 Å². The lowest BCUT2D eigenvalue weighted by Gasteiger charge is -2.02. The second kappa shape index (κ2) is 6.00. The lowest BCUT2D eigenvalue weighted by atomic mass is 10.2. The van der Waals surface area contributed by atoms with Crippen molar-refractivity contribution in [1.29, 1.82) is 0 Å². The van der Waals surface area contributed by atoms with Gasteiger partial charge < -0.3 is 5.11 Å². The molecule has 1 aromatic carbocycles. The van der Waals surface area contributed by atoms with Crippen LogP contribution in [-0.4, -0.2) is 31.9 Å². The molecule has 0 aliphatic carbocycles. The first-order valence-electron chi connectivity index (χ1n) is 5.04. The Bertz CT molecular complexity index is 473. The molecule has 1 aromatic heterocycles. The summed E-state index contributed by atoms with van der Waals surface area (Å²) in [6, 6.07) is 7.65. The standard InChI is InChI=1S/C10H11ClN4OS/c11-9-3-1-8(2-4-9)7-17-10-12-13-14-15(10)5-6-16/h1-4,16H,5-7H2. The van der Waals surface area contributed by atoms with E-state index in [-0.39, 0.29) is 6.61 Å². The molecule has 5 nitrogen and oxygen atoms in total. The van der Waals surface area contributed by atoms with Crippen molar-refractivity contribution in [2.45, 2.75) is 17.5 Å². The van der Waals surface area contributed by atoms with E-state index in [0.717, 1.165) is 16.3 Å². The van der Waals surface area contributed by atoms with Gasteiger partial charge in [-0.15, -0.1) is 5.10 Å².